The number of benzene rings is 1. The minimum Gasteiger partial charge on any atom is -0.323 e. The van der Waals surface area contributed by atoms with E-state index in [1.165, 1.54) is 6.26 Å². The Morgan fingerprint density at radius 1 is 1.25 bits per heavy atom. The van der Waals surface area contributed by atoms with Crippen LogP contribution in [0.25, 0.3) is 0 Å². The summed E-state index contributed by atoms with van der Waals surface area (Å²) in [6.45, 7) is 3.84. The van der Waals surface area contributed by atoms with E-state index in [0.717, 1.165) is 11.1 Å². The van der Waals surface area contributed by atoms with Gasteiger partial charge in [-0.2, -0.15) is 0 Å². The van der Waals surface area contributed by atoms with Gasteiger partial charge in [-0.1, -0.05) is 36.8 Å². The minimum atomic E-state index is -3.10. The van der Waals surface area contributed by atoms with Gasteiger partial charge in [0.15, 0.2) is 9.84 Å². The molecule has 0 saturated heterocycles. The topological polar surface area (TPSA) is 60.2 Å². The van der Waals surface area contributed by atoms with Gasteiger partial charge in [-0.25, -0.2) is 8.42 Å². The fourth-order valence-corrected chi connectivity index (χ4v) is 3.12. The fraction of sp³-hybridized carbons (Fsp3) is 0.500. The Morgan fingerprint density at radius 2 is 1.75 bits per heavy atom. The summed E-state index contributed by atoms with van der Waals surface area (Å²) in [5.41, 5.74) is 8.03. The molecule has 90 valence electrons. The average Bonchev–Trinajstić information content (AvgIpc) is 2.17. The quantitative estimate of drug-likeness (QED) is 0.874. The maximum Gasteiger partial charge on any atom is 0.152 e. The third-order valence-corrected chi connectivity index (χ3v) is 4.54. The maximum absolute atomic E-state index is 11.6. The monoisotopic (exact) mass is 241 g/mol. The lowest BCUT2D eigenvalue weighted by Crippen LogP contribution is -2.32. The second-order valence-corrected chi connectivity index (χ2v) is 6.48. The van der Waals surface area contributed by atoms with Crippen LogP contribution in [0.3, 0.4) is 0 Å². The van der Waals surface area contributed by atoms with E-state index < -0.39 is 21.1 Å². The highest BCUT2D eigenvalue weighted by atomic mass is 32.2. The summed E-state index contributed by atoms with van der Waals surface area (Å²) in [4.78, 5) is 0. The summed E-state index contributed by atoms with van der Waals surface area (Å²) >= 11 is 0. The molecular formula is C12H19NO2S. The normalized spacial score (nSPS) is 15.8. The molecule has 0 aromatic heterocycles. The summed E-state index contributed by atoms with van der Waals surface area (Å²) in [7, 11) is -3.10. The van der Waals surface area contributed by atoms with Crippen LogP contribution in [-0.2, 0) is 9.84 Å². The number of aryl methyl sites for hydroxylation is 1. The zero-order valence-corrected chi connectivity index (χ0v) is 10.8. The molecule has 2 N–H and O–H groups in total. The van der Waals surface area contributed by atoms with Crippen LogP contribution in [0.15, 0.2) is 24.3 Å². The molecule has 0 amide bonds. The molecule has 0 spiro atoms. The lowest BCUT2D eigenvalue weighted by molar-refractivity contribution is 0.553. The van der Waals surface area contributed by atoms with Crippen molar-refractivity contribution in [3.8, 4) is 0 Å². The molecule has 2 atom stereocenters. The Bertz CT molecular complexity index is 437. The van der Waals surface area contributed by atoms with Crippen molar-refractivity contribution < 1.29 is 8.42 Å². The van der Waals surface area contributed by atoms with Crippen molar-refractivity contribution in [1.29, 1.82) is 0 Å². The van der Waals surface area contributed by atoms with Gasteiger partial charge in [-0.15, -0.1) is 0 Å². The van der Waals surface area contributed by atoms with Crippen molar-refractivity contribution in [3.05, 3.63) is 35.4 Å². The number of nitrogens with two attached hydrogens (primary N) is 1. The van der Waals surface area contributed by atoms with E-state index in [1.54, 1.807) is 0 Å². The molecule has 0 aliphatic heterocycles. The van der Waals surface area contributed by atoms with Crippen LogP contribution in [0.1, 0.15) is 30.5 Å². The molecule has 16 heavy (non-hydrogen) atoms. The van der Waals surface area contributed by atoms with E-state index in [1.807, 2.05) is 38.1 Å². The zero-order valence-electron chi connectivity index (χ0n) is 9.97. The molecule has 3 nitrogen and oxygen atoms in total. The smallest absolute Gasteiger partial charge is 0.152 e. The van der Waals surface area contributed by atoms with Crippen LogP contribution >= 0.6 is 0 Å². The van der Waals surface area contributed by atoms with Gasteiger partial charge in [0, 0.05) is 12.3 Å². The van der Waals surface area contributed by atoms with Gasteiger partial charge in [0.2, 0.25) is 0 Å². The van der Waals surface area contributed by atoms with E-state index >= 15 is 0 Å². The van der Waals surface area contributed by atoms with Crippen LogP contribution in [0.4, 0.5) is 0 Å². The second-order valence-electron chi connectivity index (χ2n) is 4.21. The molecule has 0 saturated carbocycles. The second kappa shape index (κ2) is 4.97. The molecule has 1 rings (SSSR count). The molecule has 1 aromatic carbocycles. The molecule has 4 heteroatoms. The Kier molecular flexibility index (Phi) is 4.10. The highest BCUT2D eigenvalue weighted by Crippen LogP contribution is 2.22. The number of sulfone groups is 1. The van der Waals surface area contributed by atoms with E-state index in [4.69, 9.17) is 5.73 Å². The number of hydrogen-bond donors (Lipinski definition) is 1. The SMILES string of the molecule is CC[C@@H]([C@H](N)c1ccc(C)cc1)S(C)(=O)=O. The van der Waals surface area contributed by atoms with Gasteiger partial charge in [0.05, 0.1) is 5.25 Å². The van der Waals surface area contributed by atoms with Gasteiger partial charge in [-0.3, -0.25) is 0 Å². The summed E-state index contributed by atoms with van der Waals surface area (Å²) < 4.78 is 23.1. The number of rotatable bonds is 4. The first-order chi connectivity index (χ1) is 7.36. The van der Waals surface area contributed by atoms with Gasteiger partial charge in [-0.05, 0) is 18.9 Å². The maximum atomic E-state index is 11.6. The third kappa shape index (κ3) is 3.06. The van der Waals surface area contributed by atoms with Crippen molar-refractivity contribution in [2.24, 2.45) is 5.73 Å². The van der Waals surface area contributed by atoms with Crippen LogP contribution in [0, 0.1) is 6.92 Å². The lowest BCUT2D eigenvalue weighted by Gasteiger charge is -2.21. The molecule has 0 radical (unpaired) electrons. The van der Waals surface area contributed by atoms with Crippen molar-refractivity contribution in [1.82, 2.24) is 0 Å². The summed E-state index contributed by atoms with van der Waals surface area (Å²) in [5, 5.41) is -0.504. The van der Waals surface area contributed by atoms with E-state index in [2.05, 4.69) is 0 Å². The summed E-state index contributed by atoms with van der Waals surface area (Å²) in [5.74, 6) is 0. The first-order valence-electron chi connectivity index (χ1n) is 5.37. The Morgan fingerprint density at radius 3 is 2.12 bits per heavy atom. The molecule has 0 aliphatic rings. The standard InChI is InChI=1S/C12H19NO2S/c1-4-11(16(3,14)15)12(13)10-7-5-9(2)6-8-10/h5-8,11-12H,4,13H2,1-3H3/t11-,12+/m0/s1. The zero-order chi connectivity index (χ0) is 12.3. The molecule has 0 aliphatic carbocycles. The summed E-state index contributed by atoms with van der Waals surface area (Å²) in [6.07, 6.45) is 1.78. The van der Waals surface area contributed by atoms with Gasteiger partial charge < -0.3 is 5.73 Å². The molecule has 1 aromatic rings. The molecular weight excluding hydrogens is 222 g/mol. The fourth-order valence-electron chi connectivity index (χ4n) is 1.83. The molecule has 0 heterocycles. The number of hydrogen-bond acceptors (Lipinski definition) is 3. The lowest BCUT2D eigenvalue weighted by atomic mass is 10.0. The average molecular weight is 241 g/mol. The van der Waals surface area contributed by atoms with Crippen LogP contribution in [0.5, 0.6) is 0 Å². The van der Waals surface area contributed by atoms with Crippen molar-refractivity contribution in [2.45, 2.75) is 31.6 Å². The summed E-state index contributed by atoms with van der Waals surface area (Å²) in [6, 6.07) is 7.25. The van der Waals surface area contributed by atoms with Gasteiger partial charge in [0.25, 0.3) is 0 Å². The van der Waals surface area contributed by atoms with Crippen molar-refractivity contribution in [2.75, 3.05) is 6.26 Å². The molecule has 0 unspecified atom stereocenters. The minimum absolute atomic E-state index is 0.444. The largest absolute Gasteiger partial charge is 0.323 e. The van der Waals surface area contributed by atoms with Crippen molar-refractivity contribution >= 4 is 9.84 Å². The van der Waals surface area contributed by atoms with Gasteiger partial charge >= 0.3 is 0 Å². The van der Waals surface area contributed by atoms with Crippen LogP contribution < -0.4 is 5.73 Å². The van der Waals surface area contributed by atoms with Crippen molar-refractivity contribution in [3.63, 3.8) is 0 Å². The van der Waals surface area contributed by atoms with Gasteiger partial charge in [0.1, 0.15) is 0 Å². The Balaban J connectivity index is 3.00. The van der Waals surface area contributed by atoms with Crippen LogP contribution in [0.2, 0.25) is 0 Å². The highest BCUT2D eigenvalue weighted by molar-refractivity contribution is 7.91. The van der Waals surface area contributed by atoms with E-state index in [-0.39, 0.29) is 0 Å². The van der Waals surface area contributed by atoms with E-state index in [9.17, 15) is 8.42 Å². The predicted octanol–water partition coefficient (Wildman–Crippen LogP) is 1.82. The molecule has 0 fully saturated rings. The molecule has 0 bridgehead atoms. The highest BCUT2D eigenvalue weighted by Gasteiger charge is 2.26. The first kappa shape index (κ1) is 13.2. The third-order valence-electron chi connectivity index (χ3n) is 2.82. The Hall–Kier alpha value is -0.870. The predicted molar refractivity (Wildman–Crippen MR) is 67.0 cm³/mol. The Labute approximate surface area is 97.6 Å². The van der Waals surface area contributed by atoms with E-state index in [0.29, 0.717) is 6.42 Å². The van der Waals surface area contributed by atoms with Crippen LogP contribution in [-0.4, -0.2) is 19.9 Å². The first-order valence-corrected chi connectivity index (χ1v) is 7.32.